The van der Waals surface area contributed by atoms with Crippen molar-refractivity contribution < 1.29 is 9.21 Å². The maximum atomic E-state index is 12.9. The van der Waals surface area contributed by atoms with Gasteiger partial charge in [0, 0.05) is 35.4 Å². The van der Waals surface area contributed by atoms with Gasteiger partial charge in [0.1, 0.15) is 5.58 Å². The number of fused-ring (bicyclic) bond motifs is 1. The highest BCUT2D eigenvalue weighted by molar-refractivity contribution is 6.05. The van der Waals surface area contributed by atoms with E-state index in [2.05, 4.69) is 29.3 Å². The van der Waals surface area contributed by atoms with Gasteiger partial charge < -0.3 is 14.6 Å². The second kappa shape index (κ2) is 8.94. The zero-order valence-corrected chi connectivity index (χ0v) is 18.6. The lowest BCUT2D eigenvalue weighted by Crippen LogP contribution is -2.32. The smallest absolute Gasteiger partial charge is 0.344 e. The number of piperidine rings is 1. The summed E-state index contributed by atoms with van der Waals surface area (Å²) >= 11 is 0. The highest BCUT2D eigenvalue weighted by Gasteiger charge is 2.16. The molecule has 1 amide bonds. The zero-order valence-electron chi connectivity index (χ0n) is 18.6. The minimum Gasteiger partial charge on any atom is -0.422 e. The molecule has 1 aromatic heterocycles. The summed E-state index contributed by atoms with van der Waals surface area (Å²) in [6.07, 6.45) is 2.43. The quantitative estimate of drug-likeness (QED) is 0.400. The lowest BCUT2D eigenvalue weighted by Gasteiger charge is -2.32. The predicted molar refractivity (Wildman–Crippen MR) is 133 cm³/mol. The Morgan fingerprint density at radius 2 is 1.70 bits per heavy atom. The van der Waals surface area contributed by atoms with Crippen LogP contribution >= 0.6 is 0 Å². The summed E-state index contributed by atoms with van der Waals surface area (Å²) in [5, 5.41) is 3.80. The maximum Gasteiger partial charge on any atom is 0.344 e. The van der Waals surface area contributed by atoms with Crippen molar-refractivity contribution in [3.63, 3.8) is 0 Å². The molecule has 0 radical (unpaired) electrons. The summed E-state index contributed by atoms with van der Waals surface area (Å²) in [6.45, 7) is 4.45. The molecule has 3 aromatic carbocycles. The maximum absolute atomic E-state index is 12.9. The number of amides is 1. The van der Waals surface area contributed by atoms with Gasteiger partial charge >= 0.3 is 5.63 Å². The molecule has 0 spiro atoms. The fraction of sp³-hybridized carbons (Fsp3) is 0.214. The molecule has 1 fully saturated rings. The van der Waals surface area contributed by atoms with E-state index in [1.54, 1.807) is 30.3 Å². The molecular formula is C28H26N2O3. The zero-order chi connectivity index (χ0) is 22.8. The van der Waals surface area contributed by atoms with Gasteiger partial charge in [0.2, 0.25) is 0 Å². The molecule has 0 saturated carbocycles. The van der Waals surface area contributed by atoms with E-state index in [1.807, 2.05) is 36.4 Å². The second-order valence-corrected chi connectivity index (χ2v) is 8.74. The molecule has 33 heavy (non-hydrogen) atoms. The molecule has 0 aliphatic carbocycles. The first kappa shape index (κ1) is 21.0. The van der Waals surface area contributed by atoms with Crippen molar-refractivity contribution in [3.05, 3.63) is 94.8 Å². The normalized spacial score (nSPS) is 14.4. The Bertz CT molecular complexity index is 1350. The van der Waals surface area contributed by atoms with Gasteiger partial charge in [0.25, 0.3) is 5.91 Å². The van der Waals surface area contributed by atoms with Gasteiger partial charge in [-0.05, 0) is 72.9 Å². The molecular weight excluding hydrogens is 412 g/mol. The molecule has 5 heteroatoms. The molecule has 0 unspecified atom stereocenters. The first-order valence-electron chi connectivity index (χ1n) is 11.4. The van der Waals surface area contributed by atoms with Gasteiger partial charge in [0.15, 0.2) is 0 Å². The van der Waals surface area contributed by atoms with Crippen LogP contribution in [0.15, 0.2) is 88.1 Å². The van der Waals surface area contributed by atoms with Crippen LogP contribution in [0.4, 0.5) is 11.4 Å². The van der Waals surface area contributed by atoms with E-state index in [1.165, 1.54) is 18.5 Å². The van der Waals surface area contributed by atoms with Crippen LogP contribution in [0.1, 0.15) is 30.1 Å². The average molecular weight is 439 g/mol. The largest absolute Gasteiger partial charge is 0.422 e. The molecule has 2 heterocycles. The van der Waals surface area contributed by atoms with E-state index in [4.69, 9.17) is 4.42 Å². The molecule has 1 saturated heterocycles. The summed E-state index contributed by atoms with van der Waals surface area (Å²) in [7, 11) is 0. The minimum atomic E-state index is -0.422. The van der Waals surface area contributed by atoms with E-state index >= 15 is 0 Å². The number of rotatable bonds is 4. The number of benzene rings is 3. The number of carbonyl (C=O) groups is 1. The molecule has 166 valence electrons. The van der Waals surface area contributed by atoms with Crippen LogP contribution in [0.5, 0.6) is 0 Å². The Morgan fingerprint density at radius 1 is 0.939 bits per heavy atom. The van der Waals surface area contributed by atoms with Gasteiger partial charge in [-0.25, -0.2) is 4.79 Å². The number of nitrogens with one attached hydrogen (secondary N) is 1. The Labute approximate surface area is 192 Å². The first-order chi connectivity index (χ1) is 16.1. The Morgan fingerprint density at radius 3 is 2.48 bits per heavy atom. The van der Waals surface area contributed by atoms with Crippen LogP contribution in [-0.4, -0.2) is 19.0 Å². The van der Waals surface area contributed by atoms with Crippen LogP contribution in [0.3, 0.4) is 0 Å². The monoisotopic (exact) mass is 438 g/mol. The summed E-state index contributed by atoms with van der Waals surface area (Å²) in [4.78, 5) is 27.8. The van der Waals surface area contributed by atoms with Crippen LogP contribution < -0.4 is 15.8 Å². The van der Waals surface area contributed by atoms with Crippen LogP contribution in [0, 0.1) is 5.92 Å². The van der Waals surface area contributed by atoms with Crippen molar-refractivity contribution >= 4 is 28.3 Å². The number of carbonyl (C=O) groups excluding carboxylic acids is 1. The molecule has 5 nitrogen and oxygen atoms in total. The number of nitrogens with zero attached hydrogens (tertiary/aromatic N) is 1. The molecule has 1 aliphatic rings. The van der Waals surface area contributed by atoms with E-state index < -0.39 is 5.63 Å². The Balaban J connectivity index is 1.33. The van der Waals surface area contributed by atoms with Gasteiger partial charge in [-0.3, -0.25) is 4.79 Å². The van der Waals surface area contributed by atoms with Gasteiger partial charge in [0.05, 0.1) is 5.56 Å². The highest BCUT2D eigenvalue weighted by Crippen LogP contribution is 2.25. The molecule has 0 bridgehead atoms. The number of hydrogen-bond acceptors (Lipinski definition) is 4. The van der Waals surface area contributed by atoms with Crippen LogP contribution in [0.2, 0.25) is 0 Å². The molecule has 1 aliphatic heterocycles. The first-order valence-corrected chi connectivity index (χ1v) is 11.4. The van der Waals surface area contributed by atoms with E-state index in [0.717, 1.165) is 30.1 Å². The van der Waals surface area contributed by atoms with Crippen molar-refractivity contribution in [2.24, 2.45) is 5.92 Å². The number of para-hydroxylation sites is 1. The number of anilines is 2. The van der Waals surface area contributed by atoms with Crippen LogP contribution in [-0.2, 0) is 0 Å². The van der Waals surface area contributed by atoms with Crippen molar-refractivity contribution in [3.8, 4) is 11.1 Å². The van der Waals surface area contributed by atoms with Crippen molar-refractivity contribution in [2.75, 3.05) is 23.3 Å². The lowest BCUT2D eigenvalue weighted by atomic mass is 9.99. The SMILES string of the molecule is CC1CCN(c2ccc(NC(=O)c3cccc(-c4cc5ccccc5oc4=O)c3)cc2)CC1. The third-order valence-corrected chi connectivity index (χ3v) is 6.35. The Kier molecular flexibility index (Phi) is 5.69. The second-order valence-electron chi connectivity index (χ2n) is 8.74. The summed E-state index contributed by atoms with van der Waals surface area (Å²) in [5.74, 6) is 0.568. The molecule has 4 aromatic rings. The summed E-state index contributed by atoms with van der Waals surface area (Å²) in [5.41, 5.74) is 3.61. The molecule has 0 atom stereocenters. The van der Waals surface area contributed by atoms with Crippen LogP contribution in [0.25, 0.3) is 22.1 Å². The minimum absolute atomic E-state index is 0.221. The Hall–Kier alpha value is -3.86. The van der Waals surface area contributed by atoms with E-state index in [9.17, 15) is 9.59 Å². The fourth-order valence-electron chi connectivity index (χ4n) is 4.32. The number of hydrogen-bond donors (Lipinski definition) is 1. The van der Waals surface area contributed by atoms with Gasteiger partial charge in [-0.15, -0.1) is 0 Å². The topological polar surface area (TPSA) is 62.6 Å². The van der Waals surface area contributed by atoms with E-state index in [0.29, 0.717) is 22.3 Å². The average Bonchev–Trinajstić information content (AvgIpc) is 2.85. The summed E-state index contributed by atoms with van der Waals surface area (Å²) < 4.78 is 5.45. The van der Waals surface area contributed by atoms with Crippen molar-refractivity contribution in [1.29, 1.82) is 0 Å². The lowest BCUT2D eigenvalue weighted by molar-refractivity contribution is 0.102. The van der Waals surface area contributed by atoms with Gasteiger partial charge in [-0.1, -0.05) is 37.3 Å². The predicted octanol–water partition coefficient (Wildman–Crippen LogP) is 5.95. The van der Waals surface area contributed by atoms with E-state index in [-0.39, 0.29) is 5.91 Å². The molecule has 1 N–H and O–H groups in total. The van der Waals surface area contributed by atoms with Crippen molar-refractivity contribution in [2.45, 2.75) is 19.8 Å². The highest BCUT2D eigenvalue weighted by atomic mass is 16.4. The van der Waals surface area contributed by atoms with Gasteiger partial charge in [-0.2, -0.15) is 0 Å². The molecule has 5 rings (SSSR count). The third-order valence-electron chi connectivity index (χ3n) is 6.35. The summed E-state index contributed by atoms with van der Waals surface area (Å²) in [6, 6.07) is 24.2. The third kappa shape index (κ3) is 4.53. The fourth-order valence-corrected chi connectivity index (χ4v) is 4.32. The standard InChI is InChI=1S/C28H26N2O3/c1-19-13-15-30(16-14-19)24-11-9-23(10-12-24)29-27(31)22-7-4-6-20(17-22)25-18-21-5-2-3-8-26(21)33-28(25)32/h2-12,17-19H,13-16H2,1H3,(H,29,31). The van der Waals surface area contributed by atoms with Crippen molar-refractivity contribution in [1.82, 2.24) is 0 Å².